The first-order valence-electron chi connectivity index (χ1n) is 11.4. The van der Waals surface area contributed by atoms with Gasteiger partial charge in [-0.1, -0.05) is 72.3 Å². The molecular weight excluding hydrogens is 481 g/mol. The molecule has 7 nitrogen and oxygen atoms in total. The van der Waals surface area contributed by atoms with Crippen molar-refractivity contribution in [3.63, 3.8) is 0 Å². The van der Waals surface area contributed by atoms with E-state index in [0.29, 0.717) is 0 Å². The predicted molar refractivity (Wildman–Crippen MR) is 138 cm³/mol. The first-order chi connectivity index (χ1) is 17.1. The van der Waals surface area contributed by atoms with Gasteiger partial charge in [0, 0.05) is 20.0 Å². The smallest absolute Gasteiger partial charge is 0.244 e. The van der Waals surface area contributed by atoms with Crippen LogP contribution in [-0.2, 0) is 32.6 Å². The average molecular weight is 512 g/mol. The number of carbonyl (C=O) groups is 2. The van der Waals surface area contributed by atoms with Crippen LogP contribution in [0.15, 0.2) is 78.9 Å². The van der Waals surface area contributed by atoms with Gasteiger partial charge in [0.15, 0.2) is 0 Å². The zero-order valence-electron chi connectivity index (χ0n) is 20.5. The molecule has 0 fully saturated rings. The molecule has 36 heavy (non-hydrogen) atoms. The van der Waals surface area contributed by atoms with Crippen molar-refractivity contribution in [2.45, 2.75) is 25.9 Å². The van der Waals surface area contributed by atoms with Gasteiger partial charge in [-0.15, -0.1) is 0 Å². The van der Waals surface area contributed by atoms with Crippen LogP contribution in [0.4, 0.5) is 10.1 Å². The average Bonchev–Trinajstić information content (AvgIpc) is 2.84. The maximum atomic E-state index is 14.5. The number of nitrogens with one attached hydrogen (secondary N) is 1. The van der Waals surface area contributed by atoms with Crippen LogP contribution >= 0.6 is 0 Å². The molecule has 0 bridgehead atoms. The summed E-state index contributed by atoms with van der Waals surface area (Å²) >= 11 is 0. The zero-order chi connectivity index (χ0) is 26.3. The Bertz CT molecular complexity index is 1320. The summed E-state index contributed by atoms with van der Waals surface area (Å²) in [5.74, 6) is -1.79. The summed E-state index contributed by atoms with van der Waals surface area (Å²) < 4.78 is 40.5. The molecule has 2 amide bonds. The molecule has 0 saturated heterocycles. The Kier molecular flexibility index (Phi) is 8.82. The van der Waals surface area contributed by atoms with Gasteiger partial charge in [-0.05, 0) is 30.2 Å². The minimum Gasteiger partial charge on any atom is -0.357 e. The van der Waals surface area contributed by atoms with Crippen LogP contribution in [0.3, 0.4) is 0 Å². The van der Waals surface area contributed by atoms with Gasteiger partial charge in [0.25, 0.3) is 0 Å². The molecule has 9 heteroatoms. The molecular formula is C27H30FN3O4S. The number of aryl methyl sites for hydroxylation is 1. The van der Waals surface area contributed by atoms with Gasteiger partial charge < -0.3 is 10.2 Å². The van der Waals surface area contributed by atoms with Gasteiger partial charge in [-0.2, -0.15) is 0 Å². The maximum absolute atomic E-state index is 14.5. The van der Waals surface area contributed by atoms with Crippen LogP contribution in [0.5, 0.6) is 0 Å². The highest BCUT2D eigenvalue weighted by molar-refractivity contribution is 7.92. The van der Waals surface area contributed by atoms with E-state index in [1.165, 1.54) is 30.1 Å². The van der Waals surface area contributed by atoms with Crippen molar-refractivity contribution < 1.29 is 22.4 Å². The minimum atomic E-state index is -4.01. The molecule has 3 aromatic rings. The van der Waals surface area contributed by atoms with Crippen molar-refractivity contribution in [2.75, 3.05) is 24.2 Å². The first-order valence-corrected chi connectivity index (χ1v) is 13.3. The molecule has 0 radical (unpaired) electrons. The van der Waals surface area contributed by atoms with E-state index in [2.05, 4.69) is 5.32 Å². The predicted octanol–water partition coefficient (Wildman–Crippen LogP) is 3.29. The third kappa shape index (κ3) is 6.91. The quantitative estimate of drug-likeness (QED) is 0.453. The highest BCUT2D eigenvalue weighted by Crippen LogP contribution is 2.23. The summed E-state index contributed by atoms with van der Waals surface area (Å²) in [5.41, 5.74) is 2.36. The lowest BCUT2D eigenvalue weighted by Gasteiger charge is -2.33. The summed E-state index contributed by atoms with van der Waals surface area (Å²) in [6.45, 7) is 1.33. The molecule has 0 heterocycles. The van der Waals surface area contributed by atoms with Crippen molar-refractivity contribution >= 4 is 27.5 Å². The molecule has 0 aliphatic carbocycles. The Morgan fingerprint density at radius 2 is 1.58 bits per heavy atom. The van der Waals surface area contributed by atoms with E-state index in [1.54, 1.807) is 0 Å². The standard InChI is InChI=1S/C27H30FN3O4S/c1-20-10-9-13-22(16-20)18-30(25(27(33)29-2)17-21-11-5-4-6-12-21)26(32)19-31(36(3,34)35)24-15-8-7-14-23(24)28/h4-16,25H,17-19H2,1-3H3,(H,29,33)/t25-/m0/s1. The van der Waals surface area contributed by atoms with Gasteiger partial charge >= 0.3 is 0 Å². The van der Waals surface area contributed by atoms with Crippen molar-refractivity contribution in [3.05, 3.63) is 101 Å². The normalized spacial score (nSPS) is 12.0. The first kappa shape index (κ1) is 26.9. The molecule has 0 aromatic heterocycles. The van der Waals surface area contributed by atoms with E-state index in [-0.39, 0.29) is 18.7 Å². The second kappa shape index (κ2) is 11.8. The fourth-order valence-corrected chi connectivity index (χ4v) is 4.83. The van der Waals surface area contributed by atoms with Crippen molar-refractivity contribution in [1.29, 1.82) is 0 Å². The molecule has 0 aliphatic rings. The Balaban J connectivity index is 2.04. The highest BCUT2D eigenvalue weighted by atomic mass is 32.2. The summed E-state index contributed by atoms with van der Waals surface area (Å²) in [6, 6.07) is 21.2. The van der Waals surface area contributed by atoms with E-state index in [1.807, 2.05) is 61.5 Å². The van der Waals surface area contributed by atoms with Crippen LogP contribution in [-0.4, -0.2) is 51.0 Å². The molecule has 0 saturated carbocycles. The fourth-order valence-electron chi connectivity index (χ4n) is 3.98. The number of carbonyl (C=O) groups excluding carboxylic acids is 2. The number of hydrogen-bond donors (Lipinski definition) is 1. The van der Waals surface area contributed by atoms with Gasteiger partial charge in [0.2, 0.25) is 21.8 Å². The van der Waals surface area contributed by atoms with Crippen LogP contribution in [0.1, 0.15) is 16.7 Å². The fraction of sp³-hybridized carbons (Fsp3) is 0.259. The topological polar surface area (TPSA) is 86.8 Å². The lowest BCUT2D eigenvalue weighted by Crippen LogP contribution is -2.53. The van der Waals surface area contributed by atoms with Crippen LogP contribution in [0, 0.1) is 12.7 Å². The van der Waals surface area contributed by atoms with Gasteiger partial charge in [-0.3, -0.25) is 13.9 Å². The monoisotopic (exact) mass is 511 g/mol. The third-order valence-electron chi connectivity index (χ3n) is 5.75. The SMILES string of the molecule is CNC(=O)[C@H](Cc1ccccc1)N(Cc1cccc(C)c1)C(=O)CN(c1ccccc1F)S(C)(=O)=O. The highest BCUT2D eigenvalue weighted by Gasteiger charge is 2.33. The number of rotatable bonds is 10. The molecule has 190 valence electrons. The number of benzene rings is 3. The number of halogens is 1. The molecule has 1 N–H and O–H groups in total. The number of hydrogen-bond acceptors (Lipinski definition) is 4. The number of amides is 2. The molecule has 1 atom stereocenters. The van der Waals surface area contributed by atoms with Crippen molar-refractivity contribution in [3.8, 4) is 0 Å². The second-order valence-corrected chi connectivity index (χ2v) is 10.5. The molecule has 3 rings (SSSR count). The Labute approximate surface area is 211 Å². The van der Waals surface area contributed by atoms with Crippen molar-refractivity contribution in [2.24, 2.45) is 0 Å². The Hall–Kier alpha value is -3.72. The number of para-hydroxylation sites is 1. The third-order valence-corrected chi connectivity index (χ3v) is 6.88. The second-order valence-electron chi connectivity index (χ2n) is 8.55. The molecule has 0 spiro atoms. The lowest BCUT2D eigenvalue weighted by molar-refractivity contribution is -0.139. The minimum absolute atomic E-state index is 0.0697. The Morgan fingerprint density at radius 3 is 2.19 bits per heavy atom. The molecule has 3 aromatic carbocycles. The Morgan fingerprint density at radius 1 is 0.944 bits per heavy atom. The molecule has 0 unspecified atom stereocenters. The van der Waals surface area contributed by atoms with E-state index < -0.39 is 40.2 Å². The van der Waals surface area contributed by atoms with Crippen LogP contribution < -0.4 is 9.62 Å². The number of likely N-dealkylation sites (N-methyl/N-ethyl adjacent to an activating group) is 1. The number of sulfonamides is 1. The molecule has 0 aliphatic heterocycles. The van der Waals surface area contributed by atoms with Gasteiger partial charge in [0.1, 0.15) is 18.4 Å². The van der Waals surface area contributed by atoms with E-state index in [0.717, 1.165) is 33.3 Å². The van der Waals surface area contributed by atoms with Crippen LogP contribution in [0.2, 0.25) is 0 Å². The van der Waals surface area contributed by atoms with Crippen LogP contribution in [0.25, 0.3) is 0 Å². The number of anilines is 1. The summed E-state index contributed by atoms with van der Waals surface area (Å²) in [5, 5.41) is 2.62. The summed E-state index contributed by atoms with van der Waals surface area (Å²) in [4.78, 5) is 28.1. The van der Waals surface area contributed by atoms with Gasteiger partial charge in [-0.25, -0.2) is 12.8 Å². The van der Waals surface area contributed by atoms with E-state index >= 15 is 0 Å². The number of nitrogens with zero attached hydrogens (tertiary/aromatic N) is 2. The maximum Gasteiger partial charge on any atom is 0.244 e. The van der Waals surface area contributed by atoms with Gasteiger partial charge in [0.05, 0.1) is 11.9 Å². The zero-order valence-corrected chi connectivity index (χ0v) is 21.3. The van der Waals surface area contributed by atoms with E-state index in [4.69, 9.17) is 0 Å². The summed E-state index contributed by atoms with van der Waals surface area (Å²) in [6.07, 6.45) is 1.13. The van der Waals surface area contributed by atoms with Crippen molar-refractivity contribution in [1.82, 2.24) is 10.2 Å². The lowest BCUT2D eigenvalue weighted by atomic mass is 10.0. The summed E-state index contributed by atoms with van der Waals surface area (Å²) in [7, 11) is -2.53. The van der Waals surface area contributed by atoms with E-state index in [9.17, 15) is 22.4 Å². The largest absolute Gasteiger partial charge is 0.357 e.